The number of hydrogen-bond acceptors (Lipinski definition) is 1. The lowest BCUT2D eigenvalue weighted by Gasteiger charge is -2.31. The van der Waals surface area contributed by atoms with E-state index >= 15 is 0 Å². The lowest BCUT2D eigenvalue weighted by atomic mass is 9.80. The number of benzene rings is 1. The molecular weight excluding hydrogens is 230 g/mol. The Hall–Kier alpha value is -0.530. The lowest BCUT2D eigenvalue weighted by molar-refractivity contribution is 0.314. The summed E-state index contributed by atoms with van der Waals surface area (Å²) < 4.78 is 0. The fourth-order valence-corrected chi connectivity index (χ4v) is 2.92. The molecule has 1 aliphatic carbocycles. The van der Waals surface area contributed by atoms with E-state index in [1.807, 2.05) is 12.1 Å². The van der Waals surface area contributed by atoms with Crippen LogP contribution >= 0.6 is 11.6 Å². The smallest absolute Gasteiger partial charge is 0.0406 e. The van der Waals surface area contributed by atoms with Gasteiger partial charge in [-0.15, -0.1) is 0 Å². The first-order chi connectivity index (χ1) is 8.18. The van der Waals surface area contributed by atoms with E-state index in [1.165, 1.54) is 37.7 Å². The maximum Gasteiger partial charge on any atom is 0.0406 e. The molecule has 1 saturated carbocycles. The van der Waals surface area contributed by atoms with Crippen molar-refractivity contribution in [3.63, 3.8) is 0 Å². The average Bonchev–Trinajstić information content (AvgIpc) is 2.28. The van der Waals surface area contributed by atoms with Crippen LogP contribution in [0.15, 0.2) is 24.3 Å². The molecule has 1 fully saturated rings. The zero-order chi connectivity index (χ0) is 12.1. The van der Waals surface area contributed by atoms with Crippen molar-refractivity contribution >= 4 is 11.6 Å². The van der Waals surface area contributed by atoms with Gasteiger partial charge in [-0.05, 0) is 37.0 Å². The minimum Gasteiger partial charge on any atom is -0.325 e. The summed E-state index contributed by atoms with van der Waals surface area (Å²) in [5, 5.41) is 0.803. The van der Waals surface area contributed by atoms with Crippen LogP contribution in [-0.4, -0.2) is 5.54 Å². The molecule has 94 valence electrons. The molecule has 0 spiro atoms. The lowest BCUT2D eigenvalue weighted by Crippen LogP contribution is -2.42. The monoisotopic (exact) mass is 251 g/mol. The van der Waals surface area contributed by atoms with E-state index in [2.05, 4.69) is 12.1 Å². The molecule has 0 bridgehead atoms. The third-order valence-corrected chi connectivity index (χ3v) is 4.07. The quantitative estimate of drug-likeness (QED) is 0.832. The van der Waals surface area contributed by atoms with Gasteiger partial charge in [0.15, 0.2) is 0 Å². The molecule has 17 heavy (non-hydrogen) atoms. The van der Waals surface area contributed by atoms with Gasteiger partial charge in [0.2, 0.25) is 0 Å². The van der Waals surface area contributed by atoms with Gasteiger partial charge in [-0.2, -0.15) is 0 Å². The average molecular weight is 252 g/mol. The van der Waals surface area contributed by atoms with E-state index in [4.69, 9.17) is 17.3 Å². The molecule has 1 aliphatic rings. The van der Waals surface area contributed by atoms with Crippen LogP contribution in [0.5, 0.6) is 0 Å². The summed E-state index contributed by atoms with van der Waals surface area (Å²) in [5.74, 6) is 0. The summed E-state index contributed by atoms with van der Waals surface area (Å²) in [4.78, 5) is 0. The third-order valence-electron chi connectivity index (χ3n) is 3.82. The van der Waals surface area contributed by atoms with Crippen molar-refractivity contribution in [3.05, 3.63) is 34.9 Å². The van der Waals surface area contributed by atoms with Gasteiger partial charge in [0.1, 0.15) is 0 Å². The van der Waals surface area contributed by atoms with Crippen LogP contribution in [0, 0.1) is 0 Å². The predicted molar refractivity (Wildman–Crippen MR) is 74.4 cm³/mol. The van der Waals surface area contributed by atoms with Gasteiger partial charge < -0.3 is 5.73 Å². The maximum atomic E-state index is 6.57. The van der Waals surface area contributed by atoms with Crippen LogP contribution in [0.1, 0.15) is 50.5 Å². The Balaban J connectivity index is 2.01. The highest BCUT2D eigenvalue weighted by Gasteiger charge is 2.25. The number of hydrogen-bond donors (Lipinski definition) is 1. The fourth-order valence-electron chi connectivity index (χ4n) is 2.80. The first-order valence-electron chi connectivity index (χ1n) is 6.71. The highest BCUT2D eigenvalue weighted by molar-refractivity contribution is 6.30. The van der Waals surface area contributed by atoms with Crippen molar-refractivity contribution < 1.29 is 0 Å². The molecule has 1 aromatic carbocycles. The number of nitrogens with two attached hydrogens (primary N) is 1. The normalized spacial score (nSPS) is 20.6. The van der Waals surface area contributed by atoms with Crippen LogP contribution in [0.3, 0.4) is 0 Å². The maximum absolute atomic E-state index is 6.57. The minimum atomic E-state index is 0.00818. The summed E-state index contributed by atoms with van der Waals surface area (Å²) in [6.07, 6.45) is 9.96. The molecule has 0 saturated heterocycles. The van der Waals surface area contributed by atoms with Gasteiger partial charge in [0.05, 0.1) is 0 Å². The highest BCUT2D eigenvalue weighted by atomic mass is 35.5. The van der Waals surface area contributed by atoms with E-state index in [-0.39, 0.29) is 5.54 Å². The molecule has 1 aromatic rings. The molecule has 0 aliphatic heterocycles. The Morgan fingerprint density at radius 3 is 2.06 bits per heavy atom. The van der Waals surface area contributed by atoms with Crippen molar-refractivity contribution in [2.75, 3.05) is 0 Å². The zero-order valence-electron chi connectivity index (χ0n) is 10.4. The molecule has 0 radical (unpaired) electrons. The van der Waals surface area contributed by atoms with E-state index in [0.29, 0.717) is 0 Å². The Bertz CT molecular complexity index is 336. The predicted octanol–water partition coefficient (Wildman–Crippen LogP) is 4.32. The Morgan fingerprint density at radius 1 is 0.941 bits per heavy atom. The van der Waals surface area contributed by atoms with Crippen molar-refractivity contribution in [2.45, 2.75) is 56.9 Å². The fraction of sp³-hybridized carbons (Fsp3) is 0.600. The molecule has 0 unspecified atom stereocenters. The molecule has 0 aromatic heterocycles. The summed E-state index contributed by atoms with van der Waals surface area (Å²) in [7, 11) is 0. The minimum absolute atomic E-state index is 0.00818. The molecule has 0 atom stereocenters. The first-order valence-corrected chi connectivity index (χ1v) is 7.09. The second kappa shape index (κ2) is 5.88. The van der Waals surface area contributed by atoms with E-state index in [1.54, 1.807) is 0 Å². The standard InChI is InChI=1S/C15H22ClN/c16-14-8-6-13(7-9-14)12-15(17)10-4-2-1-3-5-11-15/h6-9H,1-5,10-12,17H2. The topological polar surface area (TPSA) is 26.0 Å². The number of halogens is 1. The zero-order valence-corrected chi connectivity index (χ0v) is 11.2. The Morgan fingerprint density at radius 2 is 1.47 bits per heavy atom. The van der Waals surface area contributed by atoms with E-state index < -0.39 is 0 Å². The SMILES string of the molecule is NC1(Cc2ccc(Cl)cc2)CCCCCCC1. The second-order valence-electron chi connectivity index (χ2n) is 5.43. The van der Waals surface area contributed by atoms with Gasteiger partial charge in [0.25, 0.3) is 0 Å². The van der Waals surface area contributed by atoms with Crippen molar-refractivity contribution in [2.24, 2.45) is 5.73 Å². The van der Waals surface area contributed by atoms with Gasteiger partial charge in [-0.1, -0.05) is 55.8 Å². The van der Waals surface area contributed by atoms with Crippen LogP contribution in [0.4, 0.5) is 0 Å². The van der Waals surface area contributed by atoms with Gasteiger partial charge >= 0.3 is 0 Å². The van der Waals surface area contributed by atoms with Crippen molar-refractivity contribution in [1.82, 2.24) is 0 Å². The molecule has 1 nitrogen and oxygen atoms in total. The molecule has 0 heterocycles. The number of rotatable bonds is 2. The van der Waals surface area contributed by atoms with Crippen LogP contribution in [-0.2, 0) is 6.42 Å². The molecule has 2 heteroatoms. The van der Waals surface area contributed by atoms with Crippen molar-refractivity contribution in [1.29, 1.82) is 0 Å². The first kappa shape index (κ1) is 12.9. The molecule has 0 amide bonds. The van der Waals surface area contributed by atoms with Crippen LogP contribution < -0.4 is 5.73 Å². The second-order valence-corrected chi connectivity index (χ2v) is 5.87. The third kappa shape index (κ3) is 4.01. The Labute approximate surface area is 109 Å². The molecular formula is C15H22ClN. The summed E-state index contributed by atoms with van der Waals surface area (Å²) in [5.41, 5.74) is 7.89. The van der Waals surface area contributed by atoms with Gasteiger partial charge in [-0.25, -0.2) is 0 Å². The summed E-state index contributed by atoms with van der Waals surface area (Å²) in [6.45, 7) is 0. The van der Waals surface area contributed by atoms with E-state index in [0.717, 1.165) is 24.3 Å². The van der Waals surface area contributed by atoms with Gasteiger partial charge in [0, 0.05) is 10.6 Å². The highest BCUT2D eigenvalue weighted by Crippen LogP contribution is 2.27. The van der Waals surface area contributed by atoms with E-state index in [9.17, 15) is 0 Å². The van der Waals surface area contributed by atoms with Gasteiger partial charge in [-0.3, -0.25) is 0 Å². The van der Waals surface area contributed by atoms with Crippen LogP contribution in [0.2, 0.25) is 5.02 Å². The molecule has 2 rings (SSSR count). The Kier molecular flexibility index (Phi) is 4.47. The summed E-state index contributed by atoms with van der Waals surface area (Å²) >= 11 is 5.91. The summed E-state index contributed by atoms with van der Waals surface area (Å²) in [6, 6.07) is 8.14. The van der Waals surface area contributed by atoms with Crippen molar-refractivity contribution in [3.8, 4) is 0 Å². The molecule has 2 N–H and O–H groups in total. The van der Waals surface area contributed by atoms with Crippen LogP contribution in [0.25, 0.3) is 0 Å². The largest absolute Gasteiger partial charge is 0.325 e.